The molecule has 8 heteroatoms. The molecule has 1 aliphatic heterocycles. The summed E-state index contributed by atoms with van der Waals surface area (Å²) in [6.45, 7) is 7.21. The highest BCUT2D eigenvalue weighted by molar-refractivity contribution is 6.28. The van der Waals surface area contributed by atoms with Crippen molar-refractivity contribution in [3.8, 4) is 11.3 Å². The Bertz CT molecular complexity index is 1480. The minimum atomic E-state index is -0.394. The van der Waals surface area contributed by atoms with Crippen molar-refractivity contribution in [3.05, 3.63) is 71.3 Å². The van der Waals surface area contributed by atoms with Crippen LogP contribution in [0.1, 0.15) is 33.2 Å². The molecule has 0 unspecified atom stereocenters. The number of piperazine rings is 1. The number of carbonyl (C=O) groups excluding carboxylic acids is 2. The molecule has 0 spiro atoms. The van der Waals surface area contributed by atoms with Gasteiger partial charge in [0.05, 0.1) is 67.7 Å². The lowest BCUT2D eigenvalue weighted by molar-refractivity contribution is -0.898. The number of likely N-dealkylation sites (N-methyl/N-ethyl adjacent to an activating group) is 1. The Hall–Kier alpha value is -4.17. The van der Waals surface area contributed by atoms with E-state index in [0.717, 1.165) is 60.6 Å². The first-order valence-corrected chi connectivity index (χ1v) is 12.2. The molecule has 1 aromatic heterocycles. The van der Waals surface area contributed by atoms with Crippen LogP contribution in [0, 0.1) is 0 Å². The summed E-state index contributed by atoms with van der Waals surface area (Å²) >= 11 is 0. The van der Waals surface area contributed by atoms with Crippen molar-refractivity contribution in [2.75, 3.05) is 50.1 Å². The molecule has 6 rings (SSSR count). The van der Waals surface area contributed by atoms with Crippen LogP contribution >= 0.6 is 0 Å². The van der Waals surface area contributed by atoms with Crippen LogP contribution in [0.2, 0.25) is 0 Å². The molecule has 36 heavy (non-hydrogen) atoms. The molecule has 0 saturated carbocycles. The monoisotopic (exact) mass is 483 g/mol. The summed E-state index contributed by atoms with van der Waals surface area (Å²) in [7, 11) is 1.36. The van der Waals surface area contributed by atoms with Gasteiger partial charge in [0.15, 0.2) is 11.5 Å². The number of nitrogens with one attached hydrogen (secondary N) is 2. The topological polar surface area (TPSA) is 89.1 Å². The number of carbonyl (C=O) groups is 2. The van der Waals surface area contributed by atoms with Crippen LogP contribution in [0.15, 0.2) is 59.1 Å². The quantitative estimate of drug-likeness (QED) is 0.371. The Balaban J connectivity index is 1.50. The van der Waals surface area contributed by atoms with Gasteiger partial charge >= 0.3 is 5.97 Å². The maximum atomic E-state index is 13.8. The zero-order valence-corrected chi connectivity index (χ0v) is 20.3. The molecule has 0 atom stereocenters. The zero-order chi connectivity index (χ0) is 24.8. The van der Waals surface area contributed by atoms with Crippen LogP contribution in [-0.2, 0) is 4.74 Å². The van der Waals surface area contributed by atoms with E-state index in [0.29, 0.717) is 28.1 Å². The number of hydrogen-bond donors (Lipinski definition) is 2. The number of hydrogen-bond acceptors (Lipinski definition) is 7. The van der Waals surface area contributed by atoms with Gasteiger partial charge in [0.25, 0.3) is 0 Å². The van der Waals surface area contributed by atoms with Crippen LogP contribution in [-0.4, -0.2) is 56.7 Å². The fraction of sp³-hybridized carbons (Fsp3) is 0.250. The summed E-state index contributed by atoms with van der Waals surface area (Å²) in [6.07, 6.45) is 0. The van der Waals surface area contributed by atoms with E-state index in [9.17, 15) is 9.59 Å². The summed E-state index contributed by atoms with van der Waals surface area (Å²) in [4.78, 5) is 29.5. The molecule has 0 radical (unpaired) electrons. The summed E-state index contributed by atoms with van der Waals surface area (Å²) in [6, 6.07) is 16.5. The second kappa shape index (κ2) is 8.80. The minimum absolute atomic E-state index is 0.0632. The normalized spacial score (nSPS) is 15.2. The highest BCUT2D eigenvalue weighted by Crippen LogP contribution is 2.46. The van der Waals surface area contributed by atoms with Gasteiger partial charge in [-0.2, -0.15) is 0 Å². The summed E-state index contributed by atoms with van der Waals surface area (Å²) in [5, 5.41) is 8.65. The first-order chi connectivity index (χ1) is 17.6. The van der Waals surface area contributed by atoms with Crippen LogP contribution in [0.4, 0.5) is 17.1 Å². The molecule has 4 aromatic rings. The summed E-state index contributed by atoms with van der Waals surface area (Å²) in [5.41, 5.74) is 5.51. The van der Waals surface area contributed by atoms with Gasteiger partial charge in [-0.3, -0.25) is 4.79 Å². The van der Waals surface area contributed by atoms with Gasteiger partial charge in [0.2, 0.25) is 0 Å². The van der Waals surface area contributed by atoms with E-state index in [4.69, 9.17) is 9.26 Å². The first kappa shape index (κ1) is 22.3. The second-order valence-corrected chi connectivity index (χ2v) is 9.21. The third-order valence-electron chi connectivity index (χ3n) is 7.27. The largest absolute Gasteiger partial charge is 0.465 e. The van der Waals surface area contributed by atoms with Crippen molar-refractivity contribution in [3.63, 3.8) is 0 Å². The van der Waals surface area contributed by atoms with Crippen molar-refractivity contribution in [1.82, 2.24) is 5.16 Å². The lowest BCUT2D eigenvalue weighted by Crippen LogP contribution is -3.14. The maximum absolute atomic E-state index is 13.8. The number of methoxy groups -OCH3 is 1. The molecular formula is C28H27N4O4+. The Morgan fingerprint density at radius 1 is 1.11 bits per heavy atom. The number of ketones is 1. The van der Waals surface area contributed by atoms with Gasteiger partial charge in [-0.1, -0.05) is 29.4 Å². The molecule has 3 aromatic carbocycles. The predicted molar refractivity (Wildman–Crippen MR) is 137 cm³/mol. The highest BCUT2D eigenvalue weighted by Gasteiger charge is 2.34. The van der Waals surface area contributed by atoms with Crippen LogP contribution in [0.5, 0.6) is 0 Å². The maximum Gasteiger partial charge on any atom is 0.337 e. The lowest BCUT2D eigenvalue weighted by Gasteiger charge is -2.33. The van der Waals surface area contributed by atoms with Gasteiger partial charge in [0, 0.05) is 16.8 Å². The fourth-order valence-corrected chi connectivity index (χ4v) is 5.26. The molecule has 0 amide bonds. The summed E-state index contributed by atoms with van der Waals surface area (Å²) < 4.78 is 10.7. The first-order valence-electron chi connectivity index (χ1n) is 12.2. The Morgan fingerprint density at radius 3 is 2.53 bits per heavy atom. The molecule has 8 nitrogen and oxygen atoms in total. The van der Waals surface area contributed by atoms with Crippen LogP contribution in [0.25, 0.3) is 22.2 Å². The Labute approximate surface area is 208 Å². The number of aromatic nitrogens is 1. The van der Waals surface area contributed by atoms with E-state index in [1.807, 2.05) is 42.5 Å². The number of rotatable bonds is 5. The average Bonchev–Trinajstić information content (AvgIpc) is 3.37. The third kappa shape index (κ3) is 3.53. The smallest absolute Gasteiger partial charge is 0.337 e. The van der Waals surface area contributed by atoms with Crippen molar-refractivity contribution >= 4 is 39.7 Å². The van der Waals surface area contributed by atoms with Gasteiger partial charge in [0.1, 0.15) is 5.52 Å². The molecule has 2 aliphatic rings. The van der Waals surface area contributed by atoms with Gasteiger partial charge < -0.3 is 24.4 Å². The average molecular weight is 484 g/mol. The van der Waals surface area contributed by atoms with Crippen molar-refractivity contribution in [1.29, 1.82) is 0 Å². The van der Waals surface area contributed by atoms with E-state index in [-0.39, 0.29) is 5.78 Å². The van der Waals surface area contributed by atoms with Gasteiger partial charge in [-0.25, -0.2) is 4.79 Å². The van der Waals surface area contributed by atoms with Crippen LogP contribution < -0.4 is 15.1 Å². The molecule has 2 heterocycles. The molecule has 1 fully saturated rings. The Kier molecular flexibility index (Phi) is 5.45. The fourth-order valence-electron chi connectivity index (χ4n) is 5.26. The minimum Gasteiger partial charge on any atom is -0.465 e. The number of anilines is 3. The van der Waals surface area contributed by atoms with E-state index in [1.54, 1.807) is 17.0 Å². The number of benzene rings is 3. The predicted octanol–water partition coefficient (Wildman–Crippen LogP) is 3.29. The molecule has 0 bridgehead atoms. The van der Waals surface area contributed by atoms with E-state index >= 15 is 0 Å². The zero-order valence-electron chi connectivity index (χ0n) is 20.3. The molecule has 182 valence electrons. The van der Waals surface area contributed by atoms with Gasteiger partial charge in [-0.05, 0) is 37.3 Å². The van der Waals surface area contributed by atoms with E-state index < -0.39 is 5.97 Å². The molecule has 1 saturated heterocycles. The third-order valence-corrected chi connectivity index (χ3v) is 7.27. The highest BCUT2D eigenvalue weighted by atomic mass is 16.5. The van der Waals surface area contributed by atoms with E-state index in [1.165, 1.54) is 7.11 Å². The number of ether oxygens (including phenoxy) is 1. The van der Waals surface area contributed by atoms with E-state index in [2.05, 4.69) is 22.3 Å². The summed E-state index contributed by atoms with van der Waals surface area (Å²) in [5.74, 6) is 0.167. The number of quaternary nitrogens is 1. The van der Waals surface area contributed by atoms with Crippen molar-refractivity contribution in [2.45, 2.75) is 6.92 Å². The SMILES string of the molecule is CC[NH+]1CCN(c2cc(Nc3ccc(C(=O)OC)cc3)c3c4c(onc24)-c2ccccc2C3=O)CC1. The second-order valence-electron chi connectivity index (χ2n) is 9.21. The van der Waals surface area contributed by atoms with Crippen molar-refractivity contribution < 1.29 is 23.7 Å². The number of nitrogens with zero attached hydrogens (tertiary/aromatic N) is 2. The number of esters is 1. The van der Waals surface area contributed by atoms with Crippen molar-refractivity contribution in [2.24, 2.45) is 0 Å². The van der Waals surface area contributed by atoms with Gasteiger partial charge in [-0.15, -0.1) is 0 Å². The van der Waals surface area contributed by atoms with Crippen LogP contribution in [0.3, 0.4) is 0 Å². The molecule has 2 N–H and O–H groups in total. The lowest BCUT2D eigenvalue weighted by atomic mass is 9.86. The molecular weight excluding hydrogens is 456 g/mol. The molecule has 1 aliphatic carbocycles. The number of fused-ring (bicyclic) bond motifs is 2. The standard InChI is InChI=1S/C28H26N4O4/c1-3-31-12-14-32(15-13-31)22-16-21(29-18-10-8-17(9-11-18)28(34)35-2)23-24-25(22)30-36-27(24)20-7-5-4-6-19(20)26(23)33/h4-11,16,29H,3,12-15H2,1-2H3/p+1. The Morgan fingerprint density at radius 2 is 1.83 bits per heavy atom.